The Morgan fingerprint density at radius 3 is 3.00 bits per heavy atom. The lowest BCUT2D eigenvalue weighted by atomic mass is 10.0. The van der Waals surface area contributed by atoms with Crippen LogP contribution >= 0.6 is 0 Å². The number of anilines is 1. The van der Waals surface area contributed by atoms with Crippen LogP contribution in [0.1, 0.15) is 29.3 Å². The highest BCUT2D eigenvalue weighted by molar-refractivity contribution is 5.96. The van der Waals surface area contributed by atoms with Crippen molar-refractivity contribution in [3.63, 3.8) is 0 Å². The van der Waals surface area contributed by atoms with Crippen LogP contribution in [0.5, 0.6) is 0 Å². The molecule has 0 aliphatic carbocycles. The minimum atomic E-state index is 0.0858. The molecule has 2 N–H and O–H groups in total. The van der Waals surface area contributed by atoms with Crippen molar-refractivity contribution < 1.29 is 9.53 Å². The number of ether oxygens (including phenoxy) is 1. The molecular formula is C14H20N2O2. The summed E-state index contributed by atoms with van der Waals surface area (Å²) >= 11 is 0. The second-order valence-corrected chi connectivity index (χ2v) is 4.71. The van der Waals surface area contributed by atoms with E-state index in [1.165, 1.54) is 0 Å². The molecule has 0 radical (unpaired) electrons. The fourth-order valence-corrected chi connectivity index (χ4v) is 2.34. The van der Waals surface area contributed by atoms with Crippen LogP contribution in [0.4, 0.5) is 5.69 Å². The molecule has 0 saturated carbocycles. The number of nitrogen functional groups attached to an aromatic ring is 1. The highest BCUT2D eigenvalue weighted by atomic mass is 16.5. The first-order valence-electron chi connectivity index (χ1n) is 6.38. The normalized spacial score (nSPS) is 19.9. The van der Waals surface area contributed by atoms with Crippen LogP contribution in [-0.4, -0.2) is 36.6 Å². The zero-order valence-corrected chi connectivity index (χ0v) is 11.0. The number of benzene rings is 1. The standard InChI is InChI=1S/C14H20N2O2/c1-3-12-9-18-7-6-16(12)14(17)13-5-4-11(15)8-10(13)2/h4-5,8,12H,3,6-7,9,15H2,1-2H3. The summed E-state index contributed by atoms with van der Waals surface area (Å²) in [4.78, 5) is 14.4. The Labute approximate surface area is 108 Å². The molecule has 0 bridgehead atoms. The topological polar surface area (TPSA) is 55.6 Å². The molecule has 98 valence electrons. The molecule has 1 atom stereocenters. The van der Waals surface area contributed by atoms with Crippen LogP contribution in [0.15, 0.2) is 18.2 Å². The maximum Gasteiger partial charge on any atom is 0.254 e. The first kappa shape index (κ1) is 12.9. The molecule has 0 aromatic heterocycles. The Bertz CT molecular complexity index is 445. The fraction of sp³-hybridized carbons (Fsp3) is 0.500. The molecular weight excluding hydrogens is 228 g/mol. The maximum atomic E-state index is 12.5. The number of aryl methyl sites for hydroxylation is 1. The molecule has 1 amide bonds. The Morgan fingerprint density at radius 1 is 1.56 bits per heavy atom. The van der Waals surface area contributed by atoms with Gasteiger partial charge in [0, 0.05) is 17.8 Å². The van der Waals surface area contributed by atoms with Crippen molar-refractivity contribution >= 4 is 11.6 Å². The molecule has 0 spiro atoms. The number of amides is 1. The van der Waals surface area contributed by atoms with Crippen molar-refractivity contribution in [3.05, 3.63) is 29.3 Å². The molecule has 1 heterocycles. The second-order valence-electron chi connectivity index (χ2n) is 4.71. The molecule has 4 heteroatoms. The quantitative estimate of drug-likeness (QED) is 0.812. The first-order valence-corrected chi connectivity index (χ1v) is 6.38. The van der Waals surface area contributed by atoms with Gasteiger partial charge in [0.05, 0.1) is 19.3 Å². The van der Waals surface area contributed by atoms with Crippen molar-refractivity contribution in [2.24, 2.45) is 0 Å². The summed E-state index contributed by atoms with van der Waals surface area (Å²) in [7, 11) is 0. The number of hydrogen-bond donors (Lipinski definition) is 1. The van der Waals surface area contributed by atoms with E-state index in [2.05, 4.69) is 6.92 Å². The monoisotopic (exact) mass is 248 g/mol. The summed E-state index contributed by atoms with van der Waals surface area (Å²) in [5, 5.41) is 0. The summed E-state index contributed by atoms with van der Waals surface area (Å²) in [6.45, 7) is 5.92. The number of morpholine rings is 1. The van der Waals surface area contributed by atoms with E-state index in [0.29, 0.717) is 25.4 Å². The Kier molecular flexibility index (Phi) is 3.87. The van der Waals surface area contributed by atoms with Crippen LogP contribution < -0.4 is 5.73 Å². The largest absolute Gasteiger partial charge is 0.399 e. The third-order valence-electron chi connectivity index (χ3n) is 3.44. The van der Waals surface area contributed by atoms with E-state index in [-0.39, 0.29) is 11.9 Å². The van der Waals surface area contributed by atoms with E-state index < -0.39 is 0 Å². The van der Waals surface area contributed by atoms with Crippen molar-refractivity contribution in [2.45, 2.75) is 26.3 Å². The van der Waals surface area contributed by atoms with E-state index in [9.17, 15) is 4.79 Å². The molecule has 1 aliphatic rings. The third kappa shape index (κ3) is 2.48. The van der Waals surface area contributed by atoms with Crippen LogP contribution in [0.3, 0.4) is 0 Å². The predicted octanol–water partition coefficient (Wildman–Crippen LogP) is 1.83. The smallest absolute Gasteiger partial charge is 0.254 e. The van der Waals surface area contributed by atoms with Crippen LogP contribution in [0.2, 0.25) is 0 Å². The lowest BCUT2D eigenvalue weighted by molar-refractivity contribution is -0.00283. The number of carbonyl (C=O) groups is 1. The lowest BCUT2D eigenvalue weighted by Gasteiger charge is -2.35. The van der Waals surface area contributed by atoms with Gasteiger partial charge < -0.3 is 15.4 Å². The maximum absolute atomic E-state index is 12.5. The average molecular weight is 248 g/mol. The third-order valence-corrected chi connectivity index (χ3v) is 3.44. The van der Waals surface area contributed by atoms with Crippen molar-refractivity contribution in [2.75, 3.05) is 25.5 Å². The van der Waals surface area contributed by atoms with Gasteiger partial charge >= 0.3 is 0 Å². The molecule has 1 aromatic carbocycles. The van der Waals surface area contributed by atoms with Gasteiger partial charge in [0.25, 0.3) is 5.91 Å². The Balaban J connectivity index is 2.24. The molecule has 4 nitrogen and oxygen atoms in total. The minimum Gasteiger partial charge on any atom is -0.399 e. The summed E-state index contributed by atoms with van der Waals surface area (Å²) in [5.41, 5.74) is 8.08. The van der Waals surface area contributed by atoms with Crippen LogP contribution in [0, 0.1) is 6.92 Å². The number of rotatable bonds is 2. The van der Waals surface area contributed by atoms with E-state index in [0.717, 1.165) is 17.5 Å². The molecule has 1 fully saturated rings. The molecule has 1 aromatic rings. The Hall–Kier alpha value is -1.55. The number of hydrogen-bond acceptors (Lipinski definition) is 3. The summed E-state index contributed by atoms with van der Waals surface area (Å²) in [6.07, 6.45) is 0.916. The fourth-order valence-electron chi connectivity index (χ4n) is 2.34. The van der Waals surface area contributed by atoms with Gasteiger partial charge in [-0.1, -0.05) is 6.92 Å². The van der Waals surface area contributed by atoms with E-state index in [1.807, 2.05) is 24.0 Å². The number of nitrogens with zero attached hydrogens (tertiary/aromatic N) is 1. The van der Waals surface area contributed by atoms with Gasteiger partial charge in [-0.25, -0.2) is 0 Å². The van der Waals surface area contributed by atoms with Crippen molar-refractivity contribution in [1.29, 1.82) is 0 Å². The lowest BCUT2D eigenvalue weighted by Crippen LogP contribution is -2.48. The van der Waals surface area contributed by atoms with Crippen molar-refractivity contribution in [3.8, 4) is 0 Å². The van der Waals surface area contributed by atoms with Gasteiger partial charge in [-0.05, 0) is 37.1 Å². The zero-order chi connectivity index (χ0) is 13.1. The SMILES string of the molecule is CCC1COCCN1C(=O)c1ccc(N)cc1C. The zero-order valence-electron chi connectivity index (χ0n) is 11.0. The van der Waals surface area contributed by atoms with Crippen LogP contribution in [-0.2, 0) is 4.74 Å². The number of carbonyl (C=O) groups excluding carboxylic acids is 1. The minimum absolute atomic E-state index is 0.0858. The average Bonchev–Trinajstić information content (AvgIpc) is 2.38. The summed E-state index contributed by atoms with van der Waals surface area (Å²) < 4.78 is 5.42. The molecule has 1 saturated heterocycles. The summed E-state index contributed by atoms with van der Waals surface area (Å²) in [5.74, 6) is 0.0858. The molecule has 1 unspecified atom stereocenters. The van der Waals surface area contributed by atoms with Gasteiger partial charge in [0.2, 0.25) is 0 Å². The van der Waals surface area contributed by atoms with Crippen LogP contribution in [0.25, 0.3) is 0 Å². The highest BCUT2D eigenvalue weighted by Gasteiger charge is 2.27. The van der Waals surface area contributed by atoms with E-state index in [4.69, 9.17) is 10.5 Å². The second kappa shape index (κ2) is 5.40. The van der Waals surface area contributed by atoms with Gasteiger partial charge in [0.15, 0.2) is 0 Å². The van der Waals surface area contributed by atoms with Crippen molar-refractivity contribution in [1.82, 2.24) is 4.90 Å². The van der Waals surface area contributed by atoms with Gasteiger partial charge in [-0.15, -0.1) is 0 Å². The van der Waals surface area contributed by atoms with Gasteiger partial charge in [0.1, 0.15) is 0 Å². The predicted molar refractivity (Wildman–Crippen MR) is 71.5 cm³/mol. The highest BCUT2D eigenvalue weighted by Crippen LogP contribution is 2.19. The van der Waals surface area contributed by atoms with Gasteiger partial charge in [-0.3, -0.25) is 4.79 Å². The summed E-state index contributed by atoms with van der Waals surface area (Å²) in [6, 6.07) is 5.62. The van der Waals surface area contributed by atoms with Gasteiger partial charge in [-0.2, -0.15) is 0 Å². The Morgan fingerprint density at radius 2 is 2.33 bits per heavy atom. The molecule has 1 aliphatic heterocycles. The first-order chi connectivity index (χ1) is 8.63. The number of nitrogens with two attached hydrogens (primary N) is 1. The van der Waals surface area contributed by atoms with E-state index >= 15 is 0 Å². The molecule has 2 rings (SSSR count). The molecule has 18 heavy (non-hydrogen) atoms. The van der Waals surface area contributed by atoms with E-state index in [1.54, 1.807) is 6.07 Å².